The van der Waals surface area contributed by atoms with Crippen molar-refractivity contribution in [2.75, 3.05) is 6.54 Å². The summed E-state index contributed by atoms with van der Waals surface area (Å²) in [5.41, 5.74) is 2.66. The number of hydrogen-bond acceptors (Lipinski definition) is 1. The van der Waals surface area contributed by atoms with Gasteiger partial charge in [-0.15, -0.1) is 0 Å². The Morgan fingerprint density at radius 2 is 1.70 bits per heavy atom. The smallest absolute Gasteiger partial charge is 0.0303 e. The SMILES string of the molecule is CC(CNC(C)c1ccc(Br)cc1Br)c1ccccc1. The molecule has 0 saturated heterocycles. The lowest BCUT2D eigenvalue weighted by atomic mass is 10.0. The molecule has 0 heterocycles. The average molecular weight is 397 g/mol. The van der Waals surface area contributed by atoms with Crippen molar-refractivity contribution in [2.24, 2.45) is 0 Å². The number of benzene rings is 2. The molecular weight excluding hydrogens is 378 g/mol. The standard InChI is InChI=1S/C17H19Br2N/c1-12(14-6-4-3-5-7-14)11-20-13(2)16-9-8-15(18)10-17(16)19/h3-10,12-13,20H,11H2,1-2H3. The third-order valence-corrected chi connectivity index (χ3v) is 4.71. The maximum Gasteiger partial charge on any atom is 0.0303 e. The molecule has 2 rings (SSSR count). The van der Waals surface area contributed by atoms with Gasteiger partial charge in [0.1, 0.15) is 0 Å². The predicted molar refractivity (Wildman–Crippen MR) is 93.1 cm³/mol. The number of halogens is 2. The van der Waals surface area contributed by atoms with E-state index >= 15 is 0 Å². The largest absolute Gasteiger partial charge is 0.310 e. The maximum absolute atomic E-state index is 3.63. The minimum Gasteiger partial charge on any atom is -0.310 e. The van der Waals surface area contributed by atoms with Crippen LogP contribution in [0, 0.1) is 0 Å². The van der Waals surface area contributed by atoms with Crippen LogP contribution < -0.4 is 5.32 Å². The monoisotopic (exact) mass is 395 g/mol. The molecule has 0 fully saturated rings. The molecule has 0 aliphatic rings. The minimum atomic E-state index is 0.323. The van der Waals surface area contributed by atoms with Crippen LogP contribution in [0.2, 0.25) is 0 Å². The molecule has 2 aromatic rings. The zero-order valence-corrected chi connectivity index (χ0v) is 14.9. The topological polar surface area (TPSA) is 12.0 Å². The molecule has 0 aliphatic carbocycles. The van der Waals surface area contributed by atoms with Gasteiger partial charge in [0.25, 0.3) is 0 Å². The van der Waals surface area contributed by atoms with Crippen molar-refractivity contribution in [3.8, 4) is 0 Å². The first-order valence-electron chi connectivity index (χ1n) is 6.81. The van der Waals surface area contributed by atoms with Crippen molar-refractivity contribution < 1.29 is 0 Å². The molecule has 2 atom stereocenters. The number of rotatable bonds is 5. The van der Waals surface area contributed by atoms with Crippen molar-refractivity contribution in [3.05, 3.63) is 68.6 Å². The Morgan fingerprint density at radius 3 is 2.35 bits per heavy atom. The Balaban J connectivity index is 1.96. The second-order valence-electron chi connectivity index (χ2n) is 5.11. The van der Waals surface area contributed by atoms with E-state index in [1.165, 1.54) is 11.1 Å². The van der Waals surface area contributed by atoms with Gasteiger partial charge in [0.15, 0.2) is 0 Å². The first kappa shape index (κ1) is 15.7. The zero-order chi connectivity index (χ0) is 14.5. The molecule has 106 valence electrons. The molecule has 0 aromatic heterocycles. The van der Waals surface area contributed by atoms with Gasteiger partial charge in [0.2, 0.25) is 0 Å². The molecule has 0 radical (unpaired) electrons. The van der Waals surface area contributed by atoms with Gasteiger partial charge in [0, 0.05) is 21.5 Å². The summed E-state index contributed by atoms with van der Waals surface area (Å²) >= 11 is 7.12. The first-order valence-corrected chi connectivity index (χ1v) is 8.40. The van der Waals surface area contributed by atoms with Crippen molar-refractivity contribution >= 4 is 31.9 Å². The van der Waals surface area contributed by atoms with Crippen molar-refractivity contribution in [1.82, 2.24) is 5.32 Å². The van der Waals surface area contributed by atoms with Gasteiger partial charge in [-0.3, -0.25) is 0 Å². The van der Waals surface area contributed by atoms with Gasteiger partial charge >= 0.3 is 0 Å². The Hall–Kier alpha value is -0.640. The van der Waals surface area contributed by atoms with E-state index in [1.54, 1.807) is 0 Å². The summed E-state index contributed by atoms with van der Waals surface area (Å²) in [7, 11) is 0. The van der Waals surface area contributed by atoms with Gasteiger partial charge < -0.3 is 5.32 Å². The molecule has 0 amide bonds. The van der Waals surface area contributed by atoms with Gasteiger partial charge in [0.05, 0.1) is 0 Å². The van der Waals surface area contributed by atoms with Crippen molar-refractivity contribution in [2.45, 2.75) is 25.8 Å². The second kappa shape index (κ2) is 7.39. The molecule has 3 heteroatoms. The van der Waals surface area contributed by atoms with Gasteiger partial charge in [-0.25, -0.2) is 0 Å². The molecule has 1 nitrogen and oxygen atoms in total. The van der Waals surface area contributed by atoms with Crippen LogP contribution in [0.3, 0.4) is 0 Å². The van der Waals surface area contributed by atoms with Gasteiger partial charge in [-0.2, -0.15) is 0 Å². The highest BCUT2D eigenvalue weighted by atomic mass is 79.9. The van der Waals surface area contributed by atoms with Crippen LogP contribution in [0.15, 0.2) is 57.5 Å². The highest BCUT2D eigenvalue weighted by Crippen LogP contribution is 2.27. The van der Waals surface area contributed by atoms with E-state index in [2.05, 4.69) is 99.6 Å². The summed E-state index contributed by atoms with van der Waals surface area (Å²) in [6.45, 7) is 5.42. The first-order chi connectivity index (χ1) is 9.58. The number of nitrogens with one attached hydrogen (secondary N) is 1. The summed E-state index contributed by atoms with van der Waals surface area (Å²) in [6, 6.07) is 17.3. The van der Waals surface area contributed by atoms with Crippen LogP contribution in [-0.4, -0.2) is 6.54 Å². The fraction of sp³-hybridized carbons (Fsp3) is 0.294. The highest BCUT2D eigenvalue weighted by Gasteiger charge is 2.11. The maximum atomic E-state index is 3.63. The van der Waals surface area contributed by atoms with Gasteiger partial charge in [-0.05, 0) is 36.1 Å². The average Bonchev–Trinajstić information content (AvgIpc) is 2.45. The van der Waals surface area contributed by atoms with Gasteiger partial charge in [-0.1, -0.05) is 75.2 Å². The summed E-state index contributed by atoms with van der Waals surface area (Å²) in [5.74, 6) is 0.507. The van der Waals surface area contributed by atoms with E-state index in [0.29, 0.717) is 12.0 Å². The van der Waals surface area contributed by atoms with Crippen LogP contribution >= 0.6 is 31.9 Å². The Kier molecular flexibility index (Phi) is 5.82. The predicted octanol–water partition coefficient (Wildman–Crippen LogP) is 5.67. The van der Waals surface area contributed by atoms with Crippen LogP contribution in [-0.2, 0) is 0 Å². The highest BCUT2D eigenvalue weighted by molar-refractivity contribution is 9.11. The molecule has 0 bridgehead atoms. The van der Waals surface area contributed by atoms with Crippen LogP contribution in [0.5, 0.6) is 0 Å². The third-order valence-electron chi connectivity index (χ3n) is 3.53. The quantitative estimate of drug-likeness (QED) is 0.686. The molecular formula is C17H19Br2N. The summed E-state index contributed by atoms with van der Waals surface area (Å²) in [6.07, 6.45) is 0. The fourth-order valence-corrected chi connectivity index (χ4v) is 3.61. The summed E-state index contributed by atoms with van der Waals surface area (Å²) in [5, 5.41) is 3.61. The summed E-state index contributed by atoms with van der Waals surface area (Å²) in [4.78, 5) is 0. The summed E-state index contributed by atoms with van der Waals surface area (Å²) < 4.78 is 2.23. The Labute approximate surface area is 138 Å². The molecule has 1 N–H and O–H groups in total. The molecule has 0 saturated carbocycles. The Morgan fingerprint density at radius 1 is 1.00 bits per heavy atom. The van der Waals surface area contributed by atoms with E-state index < -0.39 is 0 Å². The lowest BCUT2D eigenvalue weighted by Crippen LogP contribution is -2.23. The minimum absolute atomic E-state index is 0.323. The second-order valence-corrected chi connectivity index (χ2v) is 6.88. The molecule has 0 aliphatic heterocycles. The molecule has 20 heavy (non-hydrogen) atoms. The van der Waals surface area contributed by atoms with E-state index in [-0.39, 0.29) is 0 Å². The fourth-order valence-electron chi connectivity index (χ4n) is 2.22. The molecule has 2 unspecified atom stereocenters. The van der Waals surface area contributed by atoms with E-state index in [1.807, 2.05) is 0 Å². The van der Waals surface area contributed by atoms with Crippen molar-refractivity contribution in [1.29, 1.82) is 0 Å². The molecule has 0 spiro atoms. The van der Waals surface area contributed by atoms with E-state index in [4.69, 9.17) is 0 Å². The van der Waals surface area contributed by atoms with E-state index in [9.17, 15) is 0 Å². The zero-order valence-electron chi connectivity index (χ0n) is 11.7. The molecule has 2 aromatic carbocycles. The lowest BCUT2D eigenvalue weighted by molar-refractivity contribution is 0.536. The van der Waals surface area contributed by atoms with E-state index in [0.717, 1.165) is 15.5 Å². The normalized spacial score (nSPS) is 14.0. The van der Waals surface area contributed by atoms with Crippen LogP contribution in [0.25, 0.3) is 0 Å². The lowest BCUT2D eigenvalue weighted by Gasteiger charge is -2.19. The Bertz CT molecular complexity index is 554. The van der Waals surface area contributed by atoms with Crippen molar-refractivity contribution in [3.63, 3.8) is 0 Å². The van der Waals surface area contributed by atoms with Crippen LogP contribution in [0.4, 0.5) is 0 Å². The third kappa shape index (κ3) is 4.18. The number of hydrogen-bond donors (Lipinski definition) is 1. The van der Waals surface area contributed by atoms with Crippen LogP contribution in [0.1, 0.15) is 36.9 Å².